The molecule has 8 heavy (non-hydrogen) atoms. The minimum atomic E-state index is 0.356. The van der Waals surface area contributed by atoms with Gasteiger partial charge in [0.25, 0.3) is 0 Å². The maximum absolute atomic E-state index is 3.61. The molecule has 0 aliphatic rings. The van der Waals surface area contributed by atoms with Crippen LogP contribution < -0.4 is 0 Å². The van der Waals surface area contributed by atoms with Gasteiger partial charge >= 0.3 is 0 Å². The van der Waals surface area contributed by atoms with E-state index in [1.54, 1.807) is 0 Å². The van der Waals surface area contributed by atoms with E-state index in [4.69, 9.17) is 0 Å². The van der Waals surface area contributed by atoms with Gasteiger partial charge in [0.1, 0.15) is 0 Å². The first-order chi connectivity index (χ1) is 3.81. The highest BCUT2D eigenvalue weighted by Gasteiger charge is 1.81. The van der Waals surface area contributed by atoms with Gasteiger partial charge in [-0.25, -0.2) is 0 Å². The zero-order chi connectivity index (χ0) is 6.41. The van der Waals surface area contributed by atoms with Crippen LogP contribution in [0.5, 0.6) is 0 Å². The molecule has 0 bridgehead atoms. The number of hydrogen-bond donors (Lipinski definition) is 0. The maximum atomic E-state index is 3.61. The highest BCUT2D eigenvalue weighted by molar-refractivity contribution is 5.06. The van der Waals surface area contributed by atoms with Gasteiger partial charge in [0, 0.05) is 12.3 Å². The normalized spacial score (nSPS) is 11.2. The molecule has 0 radical (unpaired) electrons. The second-order valence-corrected chi connectivity index (χ2v) is 1.70. The molecule has 0 rings (SSSR count). The Bertz CT molecular complexity index is 112. The molecule has 0 saturated carbocycles. The lowest BCUT2D eigenvalue weighted by molar-refractivity contribution is 0.981. The summed E-state index contributed by atoms with van der Waals surface area (Å²) >= 11 is 0. The van der Waals surface area contributed by atoms with Crippen molar-refractivity contribution in [1.29, 1.82) is 0 Å². The van der Waals surface area contributed by atoms with Crippen LogP contribution in [0.4, 0.5) is 0 Å². The predicted octanol–water partition coefficient (Wildman–Crippen LogP) is 2.22. The fraction of sp³-hybridized carbons (Fsp3) is 0.500. The Balaban J connectivity index is 3.50. The van der Waals surface area contributed by atoms with E-state index in [2.05, 4.69) is 18.4 Å². The summed E-state index contributed by atoms with van der Waals surface area (Å²) in [5.41, 5.74) is 0. The Morgan fingerprint density at radius 3 is 2.75 bits per heavy atom. The molecule has 0 heterocycles. The summed E-state index contributed by atoms with van der Waals surface area (Å²) < 4.78 is 0. The SMILES string of the molecule is C=CC(C)C#CCC. The quantitative estimate of drug-likeness (QED) is 0.357. The third kappa shape index (κ3) is 3.49. The molecule has 0 aliphatic heterocycles. The van der Waals surface area contributed by atoms with E-state index < -0.39 is 0 Å². The molecule has 44 valence electrons. The van der Waals surface area contributed by atoms with Crippen molar-refractivity contribution in [2.45, 2.75) is 20.3 Å². The molecule has 0 N–H and O–H groups in total. The summed E-state index contributed by atoms with van der Waals surface area (Å²) in [6, 6.07) is 0. The van der Waals surface area contributed by atoms with Crippen LogP contribution >= 0.6 is 0 Å². The zero-order valence-electron chi connectivity index (χ0n) is 5.57. The van der Waals surface area contributed by atoms with Crippen molar-refractivity contribution in [3.05, 3.63) is 12.7 Å². The van der Waals surface area contributed by atoms with Crippen molar-refractivity contribution >= 4 is 0 Å². The Labute approximate surface area is 51.6 Å². The topological polar surface area (TPSA) is 0 Å². The largest absolute Gasteiger partial charge is 0.103 e. The van der Waals surface area contributed by atoms with Gasteiger partial charge in [-0.1, -0.05) is 18.9 Å². The summed E-state index contributed by atoms with van der Waals surface area (Å²) in [6.07, 6.45) is 2.79. The number of rotatable bonds is 1. The molecule has 0 nitrogen and oxygen atoms in total. The van der Waals surface area contributed by atoms with E-state index in [1.807, 2.05) is 19.9 Å². The monoisotopic (exact) mass is 108 g/mol. The van der Waals surface area contributed by atoms with Gasteiger partial charge in [-0.15, -0.1) is 12.5 Å². The Kier molecular flexibility index (Phi) is 4.07. The molecule has 0 saturated heterocycles. The first-order valence-corrected chi connectivity index (χ1v) is 2.92. The van der Waals surface area contributed by atoms with Gasteiger partial charge in [-0.2, -0.15) is 0 Å². The summed E-state index contributed by atoms with van der Waals surface area (Å²) in [6.45, 7) is 7.69. The minimum absolute atomic E-state index is 0.356. The van der Waals surface area contributed by atoms with Gasteiger partial charge in [-0.05, 0) is 6.92 Å². The van der Waals surface area contributed by atoms with E-state index in [0.717, 1.165) is 6.42 Å². The van der Waals surface area contributed by atoms with Crippen molar-refractivity contribution in [3.63, 3.8) is 0 Å². The smallest absolute Gasteiger partial charge is 0.0351 e. The molecule has 0 heteroatoms. The van der Waals surface area contributed by atoms with Crippen molar-refractivity contribution in [3.8, 4) is 11.8 Å². The van der Waals surface area contributed by atoms with Crippen LogP contribution in [0.3, 0.4) is 0 Å². The average molecular weight is 108 g/mol. The molecule has 0 fully saturated rings. The summed E-state index contributed by atoms with van der Waals surface area (Å²) in [7, 11) is 0. The predicted molar refractivity (Wildman–Crippen MR) is 37.4 cm³/mol. The Hall–Kier alpha value is -0.700. The van der Waals surface area contributed by atoms with E-state index in [1.165, 1.54) is 0 Å². The van der Waals surface area contributed by atoms with E-state index in [0.29, 0.717) is 5.92 Å². The van der Waals surface area contributed by atoms with Crippen LogP contribution in [0, 0.1) is 17.8 Å². The molecule has 1 unspecified atom stereocenters. The van der Waals surface area contributed by atoms with Crippen molar-refractivity contribution < 1.29 is 0 Å². The number of hydrogen-bond acceptors (Lipinski definition) is 0. The van der Waals surface area contributed by atoms with E-state index in [9.17, 15) is 0 Å². The van der Waals surface area contributed by atoms with Gasteiger partial charge in [0.05, 0.1) is 0 Å². The molecule has 0 aromatic heterocycles. The molecular weight excluding hydrogens is 96.1 g/mol. The highest BCUT2D eigenvalue weighted by atomic mass is 13.9. The maximum Gasteiger partial charge on any atom is 0.0351 e. The van der Waals surface area contributed by atoms with Crippen LogP contribution in [0.1, 0.15) is 20.3 Å². The lowest BCUT2D eigenvalue weighted by Crippen LogP contribution is -1.79. The summed E-state index contributed by atoms with van der Waals surface area (Å²) in [5, 5.41) is 0. The van der Waals surface area contributed by atoms with Gasteiger partial charge in [0.2, 0.25) is 0 Å². The third-order valence-electron chi connectivity index (χ3n) is 0.860. The second-order valence-electron chi connectivity index (χ2n) is 1.70. The summed E-state index contributed by atoms with van der Waals surface area (Å²) in [4.78, 5) is 0. The lowest BCUT2D eigenvalue weighted by atomic mass is 10.2. The van der Waals surface area contributed by atoms with Crippen LogP contribution in [0.15, 0.2) is 12.7 Å². The van der Waals surface area contributed by atoms with Crippen molar-refractivity contribution in [2.75, 3.05) is 0 Å². The second kappa shape index (κ2) is 4.46. The average Bonchev–Trinajstić information content (AvgIpc) is 1.83. The van der Waals surface area contributed by atoms with E-state index in [-0.39, 0.29) is 0 Å². The molecule has 0 amide bonds. The number of allylic oxidation sites excluding steroid dienone is 1. The van der Waals surface area contributed by atoms with Crippen molar-refractivity contribution in [1.82, 2.24) is 0 Å². The molecule has 0 aromatic rings. The minimum Gasteiger partial charge on any atom is -0.103 e. The van der Waals surface area contributed by atoms with Gasteiger partial charge in [-0.3, -0.25) is 0 Å². The first-order valence-electron chi connectivity index (χ1n) is 2.92. The van der Waals surface area contributed by atoms with Crippen molar-refractivity contribution in [2.24, 2.45) is 5.92 Å². The lowest BCUT2D eigenvalue weighted by Gasteiger charge is -1.87. The van der Waals surface area contributed by atoms with E-state index >= 15 is 0 Å². The summed E-state index contributed by atoms with van der Waals surface area (Å²) in [5.74, 6) is 6.35. The molecule has 0 spiro atoms. The van der Waals surface area contributed by atoms with Crippen LogP contribution in [-0.4, -0.2) is 0 Å². The fourth-order valence-electron chi connectivity index (χ4n) is 0.322. The van der Waals surface area contributed by atoms with Crippen LogP contribution in [-0.2, 0) is 0 Å². The Morgan fingerprint density at radius 2 is 2.38 bits per heavy atom. The van der Waals surface area contributed by atoms with Crippen LogP contribution in [0.2, 0.25) is 0 Å². The van der Waals surface area contributed by atoms with Gasteiger partial charge < -0.3 is 0 Å². The molecule has 0 aromatic carbocycles. The molecule has 1 atom stereocenters. The zero-order valence-corrected chi connectivity index (χ0v) is 5.57. The first kappa shape index (κ1) is 7.30. The van der Waals surface area contributed by atoms with Gasteiger partial charge in [0.15, 0.2) is 0 Å². The van der Waals surface area contributed by atoms with Crippen LogP contribution in [0.25, 0.3) is 0 Å². The highest BCUT2D eigenvalue weighted by Crippen LogP contribution is 1.90. The molecule has 0 aliphatic carbocycles. The third-order valence-corrected chi connectivity index (χ3v) is 0.860. The standard InChI is InChI=1S/C8H12/c1-4-6-7-8(3)5-2/h5,8H,2,4H2,1,3H3. The molecular formula is C8H12. The fourth-order valence-corrected chi connectivity index (χ4v) is 0.322. The Morgan fingerprint density at radius 1 is 1.75 bits per heavy atom.